The van der Waals surface area contributed by atoms with E-state index in [1.165, 1.54) is 0 Å². The summed E-state index contributed by atoms with van der Waals surface area (Å²) in [6, 6.07) is 5.40. The van der Waals surface area contributed by atoms with Crippen LogP contribution in [0, 0.1) is 11.3 Å². The van der Waals surface area contributed by atoms with Crippen LogP contribution in [-0.4, -0.2) is 18.0 Å². The van der Waals surface area contributed by atoms with Crippen LogP contribution in [0.4, 0.5) is 10.5 Å². The number of rotatable bonds is 3. The molecule has 0 bridgehead atoms. The van der Waals surface area contributed by atoms with E-state index < -0.39 is 18.0 Å². The first-order chi connectivity index (χ1) is 8.43. The lowest BCUT2D eigenvalue weighted by molar-refractivity contribution is -0.120. The van der Waals surface area contributed by atoms with Crippen LogP contribution in [0.25, 0.3) is 0 Å². The fourth-order valence-electron chi connectivity index (χ4n) is 1.26. The Kier molecular flexibility index (Phi) is 4.68. The number of hydrogen-bond donors (Lipinski definition) is 3. The first-order valence-electron chi connectivity index (χ1n) is 5.00. The molecule has 0 aliphatic carbocycles. The Morgan fingerprint density at radius 1 is 1.50 bits per heavy atom. The zero-order valence-corrected chi connectivity index (χ0v) is 11.1. The van der Waals surface area contributed by atoms with Crippen molar-refractivity contribution in [2.45, 2.75) is 13.0 Å². The van der Waals surface area contributed by atoms with Gasteiger partial charge in [0.15, 0.2) is 0 Å². The Hall–Kier alpha value is -2.07. The van der Waals surface area contributed by atoms with Crippen LogP contribution in [0.15, 0.2) is 22.7 Å². The van der Waals surface area contributed by atoms with Gasteiger partial charge >= 0.3 is 6.03 Å². The van der Waals surface area contributed by atoms with E-state index in [1.54, 1.807) is 25.1 Å². The highest BCUT2D eigenvalue weighted by Crippen LogP contribution is 2.21. The molecule has 0 heterocycles. The van der Waals surface area contributed by atoms with Gasteiger partial charge in [-0.2, -0.15) is 5.26 Å². The summed E-state index contributed by atoms with van der Waals surface area (Å²) in [6.45, 7) is 1.56. The molecule has 0 fully saturated rings. The average Bonchev–Trinajstić information content (AvgIpc) is 2.28. The normalized spacial score (nSPS) is 11.2. The monoisotopic (exact) mass is 310 g/mol. The molecule has 7 heteroatoms. The molecular weight excluding hydrogens is 300 g/mol. The predicted molar refractivity (Wildman–Crippen MR) is 69.7 cm³/mol. The second-order valence-electron chi connectivity index (χ2n) is 3.52. The minimum absolute atomic E-state index is 0.400. The van der Waals surface area contributed by atoms with Gasteiger partial charge in [0.05, 0.1) is 11.3 Å². The van der Waals surface area contributed by atoms with Crippen LogP contribution in [0.1, 0.15) is 12.5 Å². The molecule has 0 spiro atoms. The average molecular weight is 311 g/mol. The SMILES string of the molecule is CC(Nc1cc(Br)ccc1C#N)C(=O)NC(N)=O. The van der Waals surface area contributed by atoms with Gasteiger partial charge in [-0.05, 0) is 25.1 Å². The Labute approximate surface area is 112 Å². The van der Waals surface area contributed by atoms with E-state index in [2.05, 4.69) is 21.2 Å². The van der Waals surface area contributed by atoms with Gasteiger partial charge in [-0.15, -0.1) is 0 Å². The summed E-state index contributed by atoms with van der Waals surface area (Å²) in [5.41, 5.74) is 5.75. The lowest BCUT2D eigenvalue weighted by Crippen LogP contribution is -2.43. The van der Waals surface area contributed by atoms with Crippen molar-refractivity contribution in [2.24, 2.45) is 5.73 Å². The van der Waals surface area contributed by atoms with Gasteiger partial charge in [-0.1, -0.05) is 15.9 Å². The predicted octanol–water partition coefficient (Wildman–Crippen LogP) is 1.32. The van der Waals surface area contributed by atoms with Gasteiger partial charge in [0.25, 0.3) is 0 Å². The van der Waals surface area contributed by atoms with Gasteiger partial charge in [-0.3, -0.25) is 10.1 Å². The third kappa shape index (κ3) is 3.75. The Balaban J connectivity index is 2.84. The number of carbonyl (C=O) groups is 2. The summed E-state index contributed by atoms with van der Waals surface area (Å²) in [6.07, 6.45) is 0. The number of nitriles is 1. The van der Waals surface area contributed by atoms with Crippen molar-refractivity contribution in [1.29, 1.82) is 5.26 Å². The second-order valence-corrected chi connectivity index (χ2v) is 4.44. The van der Waals surface area contributed by atoms with Crippen molar-refractivity contribution in [3.05, 3.63) is 28.2 Å². The third-order valence-corrected chi connectivity index (χ3v) is 2.61. The summed E-state index contributed by atoms with van der Waals surface area (Å²) in [5, 5.41) is 13.7. The maximum absolute atomic E-state index is 11.5. The highest BCUT2D eigenvalue weighted by molar-refractivity contribution is 9.10. The zero-order chi connectivity index (χ0) is 13.7. The number of benzene rings is 1. The van der Waals surface area contributed by atoms with E-state index in [4.69, 9.17) is 11.0 Å². The first-order valence-corrected chi connectivity index (χ1v) is 5.80. The molecule has 0 aliphatic heterocycles. The molecule has 4 N–H and O–H groups in total. The summed E-state index contributed by atoms with van der Waals surface area (Å²) in [5.74, 6) is -0.564. The van der Waals surface area contributed by atoms with Crippen molar-refractivity contribution in [3.63, 3.8) is 0 Å². The maximum atomic E-state index is 11.5. The Morgan fingerprint density at radius 3 is 2.72 bits per heavy atom. The van der Waals surface area contributed by atoms with E-state index >= 15 is 0 Å². The molecular formula is C11H11BrN4O2. The van der Waals surface area contributed by atoms with E-state index in [0.29, 0.717) is 11.3 Å². The lowest BCUT2D eigenvalue weighted by atomic mass is 10.1. The van der Waals surface area contributed by atoms with Gasteiger partial charge < -0.3 is 11.1 Å². The molecule has 94 valence electrons. The molecule has 0 radical (unpaired) electrons. The molecule has 0 saturated carbocycles. The number of anilines is 1. The molecule has 0 aromatic heterocycles. The smallest absolute Gasteiger partial charge is 0.318 e. The number of nitrogens with two attached hydrogens (primary N) is 1. The van der Waals surface area contributed by atoms with Crippen LogP contribution in [-0.2, 0) is 4.79 Å². The summed E-state index contributed by atoms with van der Waals surface area (Å²) < 4.78 is 0.770. The molecule has 6 nitrogen and oxygen atoms in total. The van der Waals surface area contributed by atoms with Crippen LogP contribution in [0.2, 0.25) is 0 Å². The van der Waals surface area contributed by atoms with Crippen LogP contribution in [0.5, 0.6) is 0 Å². The molecule has 3 amide bonds. The number of nitrogens with zero attached hydrogens (tertiary/aromatic N) is 1. The number of urea groups is 1. The first kappa shape index (κ1) is 14.0. The standard InChI is InChI=1S/C11H11BrN4O2/c1-6(10(17)16-11(14)18)15-9-4-8(12)3-2-7(9)5-13/h2-4,6,15H,1H3,(H3,14,16,17,18). The van der Waals surface area contributed by atoms with Gasteiger partial charge in [-0.25, -0.2) is 4.79 Å². The van der Waals surface area contributed by atoms with Crippen molar-refractivity contribution >= 4 is 33.6 Å². The summed E-state index contributed by atoms with van der Waals surface area (Å²) in [4.78, 5) is 22.0. The van der Waals surface area contributed by atoms with Gasteiger partial charge in [0.2, 0.25) is 5.91 Å². The minimum atomic E-state index is -0.914. The van der Waals surface area contributed by atoms with Crippen molar-refractivity contribution < 1.29 is 9.59 Å². The maximum Gasteiger partial charge on any atom is 0.318 e. The third-order valence-electron chi connectivity index (χ3n) is 2.11. The van der Waals surface area contributed by atoms with Crippen molar-refractivity contribution in [2.75, 3.05) is 5.32 Å². The number of primary amides is 1. The van der Waals surface area contributed by atoms with Crippen molar-refractivity contribution in [1.82, 2.24) is 5.32 Å². The summed E-state index contributed by atoms with van der Waals surface area (Å²) >= 11 is 3.27. The van der Waals surface area contributed by atoms with Crippen LogP contribution < -0.4 is 16.4 Å². The van der Waals surface area contributed by atoms with Gasteiger partial charge in [0.1, 0.15) is 12.1 Å². The Bertz CT molecular complexity index is 524. The highest BCUT2D eigenvalue weighted by Gasteiger charge is 2.15. The second kappa shape index (κ2) is 6.02. The van der Waals surface area contributed by atoms with Crippen LogP contribution in [0.3, 0.4) is 0 Å². The van der Waals surface area contributed by atoms with E-state index in [-0.39, 0.29) is 0 Å². The van der Waals surface area contributed by atoms with Crippen LogP contribution >= 0.6 is 15.9 Å². The number of imide groups is 1. The Morgan fingerprint density at radius 2 is 2.17 bits per heavy atom. The quantitative estimate of drug-likeness (QED) is 0.782. The molecule has 1 aromatic carbocycles. The van der Waals surface area contributed by atoms with E-state index in [1.807, 2.05) is 11.4 Å². The van der Waals surface area contributed by atoms with Crippen molar-refractivity contribution in [3.8, 4) is 6.07 Å². The lowest BCUT2D eigenvalue weighted by Gasteiger charge is -2.15. The molecule has 1 unspecified atom stereocenters. The molecule has 1 rings (SSSR count). The zero-order valence-electron chi connectivity index (χ0n) is 9.53. The number of halogens is 1. The minimum Gasteiger partial charge on any atom is -0.373 e. The number of carbonyl (C=O) groups excluding carboxylic acids is 2. The number of amides is 3. The molecule has 1 aromatic rings. The molecule has 18 heavy (non-hydrogen) atoms. The van der Waals surface area contributed by atoms with E-state index in [9.17, 15) is 9.59 Å². The molecule has 1 atom stereocenters. The highest BCUT2D eigenvalue weighted by atomic mass is 79.9. The molecule has 0 saturated heterocycles. The topological polar surface area (TPSA) is 108 Å². The van der Waals surface area contributed by atoms with E-state index in [0.717, 1.165) is 4.47 Å². The number of hydrogen-bond acceptors (Lipinski definition) is 4. The number of nitrogens with one attached hydrogen (secondary N) is 2. The summed E-state index contributed by atoms with van der Waals surface area (Å²) in [7, 11) is 0. The molecule has 0 aliphatic rings. The van der Waals surface area contributed by atoms with Gasteiger partial charge in [0, 0.05) is 4.47 Å². The fourth-order valence-corrected chi connectivity index (χ4v) is 1.62. The fraction of sp³-hybridized carbons (Fsp3) is 0.182. The largest absolute Gasteiger partial charge is 0.373 e.